The zero-order chi connectivity index (χ0) is 9.30. The zero-order valence-corrected chi connectivity index (χ0v) is 7.42. The summed E-state index contributed by atoms with van der Waals surface area (Å²) in [6.45, 7) is -0.671. The number of aliphatic hydroxyl groups is 4. The van der Waals surface area contributed by atoms with Crippen LogP contribution in [0.2, 0.25) is 0 Å². The summed E-state index contributed by atoms with van der Waals surface area (Å²) in [6, 6.07) is 0. The molecule has 13 heavy (non-hydrogen) atoms. The number of carbonyl (C=O) groups excluding carboxylic acids is 1. The molecule has 74 valence electrons. The van der Waals surface area contributed by atoms with E-state index in [4.69, 9.17) is 20.4 Å². The summed E-state index contributed by atoms with van der Waals surface area (Å²) in [5.41, 5.74) is 0. The first-order chi connectivity index (χ1) is 5.57. The maximum absolute atomic E-state index is 10.5. The molecular formula is C6H8FeO6+2. The summed E-state index contributed by atoms with van der Waals surface area (Å²) in [4.78, 5) is 10.5. The van der Waals surface area contributed by atoms with Gasteiger partial charge in [-0.2, -0.15) is 0 Å². The molecule has 2 unspecified atom stereocenters. The van der Waals surface area contributed by atoms with Gasteiger partial charge in [-0.3, -0.25) is 0 Å². The van der Waals surface area contributed by atoms with Gasteiger partial charge in [0.25, 0.3) is 0 Å². The number of ether oxygens (including phenoxy) is 1. The van der Waals surface area contributed by atoms with Crippen LogP contribution < -0.4 is 0 Å². The molecule has 0 saturated heterocycles. The normalized spacial score (nSPS) is 23.8. The number of aliphatic hydroxyl groups excluding tert-OH is 4. The molecule has 0 amide bonds. The van der Waals surface area contributed by atoms with Crippen molar-refractivity contribution in [3.8, 4) is 0 Å². The first kappa shape index (κ1) is 12.2. The second-order valence-electron chi connectivity index (χ2n) is 2.31. The standard InChI is InChI=1S/C6H8O6.Fe/c7-1-2(8)5-3(9)4(10)6(11)12-5;/h2,5,7-10H,1H2;/q;+2. The van der Waals surface area contributed by atoms with E-state index in [1.165, 1.54) is 0 Å². The van der Waals surface area contributed by atoms with E-state index in [-0.39, 0.29) is 17.1 Å². The van der Waals surface area contributed by atoms with Gasteiger partial charge in [-0.05, 0) is 0 Å². The molecular weight excluding hydrogens is 224 g/mol. The monoisotopic (exact) mass is 232 g/mol. The van der Waals surface area contributed by atoms with Crippen molar-refractivity contribution >= 4 is 5.97 Å². The molecule has 4 N–H and O–H groups in total. The predicted molar refractivity (Wildman–Crippen MR) is 35.3 cm³/mol. The van der Waals surface area contributed by atoms with Crippen LogP contribution in [0.4, 0.5) is 0 Å². The summed E-state index contributed by atoms with van der Waals surface area (Å²) in [7, 11) is 0. The average Bonchev–Trinajstić information content (AvgIpc) is 2.32. The Kier molecular flexibility index (Phi) is 4.22. The van der Waals surface area contributed by atoms with Crippen molar-refractivity contribution in [2.24, 2.45) is 0 Å². The Labute approximate surface area is 83.9 Å². The van der Waals surface area contributed by atoms with Crippen molar-refractivity contribution in [1.29, 1.82) is 0 Å². The molecule has 0 aliphatic carbocycles. The molecule has 0 spiro atoms. The Balaban J connectivity index is 0.00000144. The summed E-state index contributed by atoms with van der Waals surface area (Å²) in [6.07, 6.45) is -2.78. The minimum Gasteiger partial charge on any atom is -0.505 e. The molecule has 1 aliphatic heterocycles. The molecule has 0 aromatic carbocycles. The Morgan fingerprint density at radius 3 is 2.31 bits per heavy atom. The topological polar surface area (TPSA) is 107 Å². The fraction of sp³-hybridized carbons (Fsp3) is 0.500. The SMILES string of the molecule is O=C1OC(C(O)CO)C(O)=C1O.[Fe+2]. The molecule has 2 atom stereocenters. The number of carbonyl (C=O) groups is 1. The van der Waals surface area contributed by atoms with Crippen molar-refractivity contribution in [2.45, 2.75) is 12.2 Å². The van der Waals surface area contributed by atoms with E-state index in [1.807, 2.05) is 0 Å². The molecule has 1 heterocycles. The summed E-state index contributed by atoms with van der Waals surface area (Å²) in [5, 5.41) is 35.0. The molecule has 7 heteroatoms. The third-order valence-corrected chi connectivity index (χ3v) is 1.48. The maximum atomic E-state index is 10.5. The largest absolute Gasteiger partial charge is 2.00 e. The quantitative estimate of drug-likeness (QED) is 0.344. The van der Waals surface area contributed by atoms with E-state index in [9.17, 15) is 4.79 Å². The molecule has 6 nitrogen and oxygen atoms in total. The minimum atomic E-state index is -1.42. The van der Waals surface area contributed by atoms with Gasteiger partial charge in [0.2, 0.25) is 5.76 Å². The summed E-state index contributed by atoms with van der Waals surface area (Å²) >= 11 is 0. The van der Waals surface area contributed by atoms with Gasteiger partial charge in [0.1, 0.15) is 6.10 Å². The molecule has 1 rings (SSSR count). The van der Waals surface area contributed by atoms with E-state index < -0.39 is 36.3 Å². The fourth-order valence-corrected chi connectivity index (χ4v) is 0.823. The van der Waals surface area contributed by atoms with E-state index >= 15 is 0 Å². The van der Waals surface area contributed by atoms with Gasteiger partial charge in [-0.15, -0.1) is 0 Å². The first-order valence-electron chi connectivity index (χ1n) is 3.20. The van der Waals surface area contributed by atoms with E-state index in [0.717, 1.165) is 0 Å². The van der Waals surface area contributed by atoms with Crippen LogP contribution in [-0.2, 0) is 26.6 Å². The molecule has 1 aliphatic rings. The third-order valence-electron chi connectivity index (χ3n) is 1.48. The second-order valence-corrected chi connectivity index (χ2v) is 2.31. The van der Waals surface area contributed by atoms with Gasteiger partial charge in [0.05, 0.1) is 6.61 Å². The minimum absolute atomic E-state index is 0. The van der Waals surface area contributed by atoms with Gasteiger partial charge in [-0.1, -0.05) is 0 Å². The van der Waals surface area contributed by atoms with Crippen molar-refractivity contribution in [2.75, 3.05) is 6.61 Å². The van der Waals surface area contributed by atoms with Crippen LogP contribution in [0.1, 0.15) is 0 Å². The third kappa shape index (κ3) is 2.13. The van der Waals surface area contributed by atoms with E-state index in [2.05, 4.69) is 4.74 Å². The Hall–Kier alpha value is -0.751. The smallest absolute Gasteiger partial charge is 0.505 e. The fourth-order valence-electron chi connectivity index (χ4n) is 0.823. The van der Waals surface area contributed by atoms with Crippen LogP contribution in [-0.4, -0.2) is 45.2 Å². The average molecular weight is 232 g/mol. The number of hydrogen-bond donors (Lipinski definition) is 4. The van der Waals surface area contributed by atoms with Gasteiger partial charge >= 0.3 is 23.0 Å². The van der Waals surface area contributed by atoms with Crippen molar-refractivity contribution in [3.05, 3.63) is 11.5 Å². The predicted octanol–water partition coefficient (Wildman–Crippen LogP) is -1.41. The van der Waals surface area contributed by atoms with Gasteiger partial charge in [0.15, 0.2) is 11.9 Å². The van der Waals surface area contributed by atoms with Crippen molar-refractivity contribution in [3.63, 3.8) is 0 Å². The number of cyclic esters (lactones) is 1. The Bertz CT molecular complexity index is 237. The van der Waals surface area contributed by atoms with Crippen LogP contribution in [0.3, 0.4) is 0 Å². The molecule has 0 radical (unpaired) electrons. The first-order valence-corrected chi connectivity index (χ1v) is 3.20. The Morgan fingerprint density at radius 2 is 2.00 bits per heavy atom. The Morgan fingerprint density at radius 1 is 1.46 bits per heavy atom. The summed E-state index contributed by atoms with van der Waals surface area (Å²) < 4.78 is 4.32. The van der Waals surface area contributed by atoms with Gasteiger partial charge in [0, 0.05) is 0 Å². The van der Waals surface area contributed by atoms with Crippen LogP contribution in [0.5, 0.6) is 0 Å². The molecule has 0 saturated carbocycles. The molecule has 0 fully saturated rings. The summed E-state index contributed by atoms with van der Waals surface area (Å²) in [5.74, 6) is -2.78. The van der Waals surface area contributed by atoms with Gasteiger partial charge < -0.3 is 25.2 Å². The zero-order valence-electron chi connectivity index (χ0n) is 6.32. The van der Waals surface area contributed by atoms with Crippen LogP contribution >= 0.6 is 0 Å². The molecule has 0 bridgehead atoms. The second kappa shape index (κ2) is 4.48. The van der Waals surface area contributed by atoms with Crippen molar-refractivity contribution < 1.29 is 47.0 Å². The molecule has 0 aromatic rings. The van der Waals surface area contributed by atoms with Crippen LogP contribution in [0.15, 0.2) is 11.5 Å². The number of hydrogen-bond acceptors (Lipinski definition) is 6. The van der Waals surface area contributed by atoms with Crippen LogP contribution in [0.25, 0.3) is 0 Å². The maximum Gasteiger partial charge on any atom is 2.00 e. The van der Waals surface area contributed by atoms with E-state index in [1.54, 1.807) is 0 Å². The number of rotatable bonds is 2. The number of esters is 1. The van der Waals surface area contributed by atoms with E-state index in [0.29, 0.717) is 0 Å². The molecule has 0 aromatic heterocycles. The van der Waals surface area contributed by atoms with Gasteiger partial charge in [-0.25, -0.2) is 4.79 Å². The van der Waals surface area contributed by atoms with Crippen LogP contribution in [0, 0.1) is 0 Å². The van der Waals surface area contributed by atoms with Crippen molar-refractivity contribution in [1.82, 2.24) is 0 Å².